The van der Waals surface area contributed by atoms with E-state index < -0.39 is 7.92 Å². The van der Waals surface area contributed by atoms with Crippen molar-refractivity contribution < 1.29 is 17.1 Å². The molecule has 0 N–H and O–H groups in total. The van der Waals surface area contributed by atoms with Gasteiger partial charge in [-0.2, -0.15) is 41.9 Å². The Balaban J connectivity index is 0.000000351. The van der Waals surface area contributed by atoms with Gasteiger partial charge in [0.15, 0.2) is 0 Å². The molecule has 4 heteroatoms. The third-order valence-corrected chi connectivity index (χ3v) is 7.08. The van der Waals surface area contributed by atoms with Gasteiger partial charge in [0.1, 0.15) is 0 Å². The molecule has 0 bridgehead atoms. The number of halogens is 2. The van der Waals surface area contributed by atoms with Crippen molar-refractivity contribution in [3.8, 4) is 0 Å². The number of rotatable bonds is 3. The van der Waals surface area contributed by atoms with Crippen LogP contribution in [-0.2, 0) is 17.1 Å². The van der Waals surface area contributed by atoms with E-state index in [-0.39, 0.29) is 17.1 Å². The third-order valence-electron chi connectivity index (χ3n) is 3.65. The van der Waals surface area contributed by atoms with Crippen molar-refractivity contribution in [2.45, 2.75) is 0 Å². The fourth-order valence-electron chi connectivity index (χ4n) is 2.50. The van der Waals surface area contributed by atoms with Crippen LogP contribution in [0.25, 0.3) is 0 Å². The zero-order valence-electron chi connectivity index (χ0n) is 13.9. The van der Waals surface area contributed by atoms with Crippen LogP contribution in [0.3, 0.4) is 0 Å². The summed E-state index contributed by atoms with van der Waals surface area (Å²) < 4.78 is 0. The van der Waals surface area contributed by atoms with Gasteiger partial charge in [-0.25, -0.2) is 12.1 Å². The molecule has 4 aromatic carbocycles. The first kappa shape index (κ1) is 21.0. The first-order chi connectivity index (χ1) is 12.3. The first-order valence-electron chi connectivity index (χ1n) is 7.95. The summed E-state index contributed by atoms with van der Waals surface area (Å²) in [6, 6.07) is 34.8. The molecule has 0 saturated heterocycles. The Morgan fingerprint density at radius 2 is 1.19 bits per heavy atom. The Hall–Kier alpha value is -1.33. The van der Waals surface area contributed by atoms with Gasteiger partial charge in [0.05, 0.1) is 0 Å². The van der Waals surface area contributed by atoms with Crippen LogP contribution < -0.4 is 15.9 Å². The molecular weight excluding hydrogens is 422 g/mol. The first-order valence-corrected chi connectivity index (χ1v) is 10.0. The molecule has 0 radical (unpaired) electrons. The van der Waals surface area contributed by atoms with Crippen molar-refractivity contribution in [2.75, 3.05) is 0 Å². The van der Waals surface area contributed by atoms with E-state index in [4.69, 9.17) is 23.2 Å². The predicted molar refractivity (Wildman–Crippen MR) is 113 cm³/mol. The van der Waals surface area contributed by atoms with Crippen LogP contribution in [-0.4, -0.2) is 0 Å². The Bertz CT molecular complexity index is 814. The molecule has 0 spiro atoms. The van der Waals surface area contributed by atoms with Gasteiger partial charge in [-0.05, 0) is 10.6 Å². The van der Waals surface area contributed by atoms with Crippen LogP contribution in [0.2, 0.25) is 10.0 Å². The topological polar surface area (TPSA) is 0 Å². The van der Waals surface area contributed by atoms with Crippen LogP contribution in [0.5, 0.6) is 0 Å². The van der Waals surface area contributed by atoms with Crippen molar-refractivity contribution in [2.24, 2.45) is 0 Å². The molecule has 4 rings (SSSR count). The summed E-state index contributed by atoms with van der Waals surface area (Å²) >= 11 is 12.5. The number of hydrogen-bond acceptors (Lipinski definition) is 0. The molecule has 0 atom stereocenters. The van der Waals surface area contributed by atoms with Gasteiger partial charge in [-0.15, -0.1) is 16.9 Å². The molecular formula is C22H17Cl2FeP. The Morgan fingerprint density at radius 3 is 1.54 bits per heavy atom. The summed E-state index contributed by atoms with van der Waals surface area (Å²) in [5.41, 5.74) is 0. The molecule has 0 nitrogen and oxygen atoms in total. The maximum atomic E-state index is 6.39. The Kier molecular flexibility index (Phi) is 8.66. The van der Waals surface area contributed by atoms with Crippen LogP contribution in [0.1, 0.15) is 0 Å². The van der Waals surface area contributed by atoms with Crippen molar-refractivity contribution in [1.82, 2.24) is 0 Å². The van der Waals surface area contributed by atoms with E-state index in [1.165, 1.54) is 10.6 Å². The summed E-state index contributed by atoms with van der Waals surface area (Å²) in [5, 5.41) is 4.96. The monoisotopic (exact) mass is 438 g/mol. The summed E-state index contributed by atoms with van der Waals surface area (Å²) in [7, 11) is -0.662. The minimum Gasteiger partial charge on any atom is -0.214 e. The zero-order chi connectivity index (χ0) is 17.5. The molecule has 132 valence electrons. The average molecular weight is 439 g/mol. The minimum absolute atomic E-state index is 0. The van der Waals surface area contributed by atoms with Gasteiger partial charge in [-0.3, -0.25) is 0 Å². The smallest absolute Gasteiger partial charge is 0.214 e. The fourth-order valence-corrected chi connectivity index (χ4v) is 5.44. The quantitative estimate of drug-likeness (QED) is 0.213. The van der Waals surface area contributed by atoms with Gasteiger partial charge >= 0.3 is 17.1 Å². The molecule has 0 fully saturated rings. The number of benzene rings is 2. The standard InChI is InChI=1S/C17H12Cl2P.C5H5.Fe/c18-15-11-12-16(17(15)19)20(13-7-3-1-4-8-13)14-9-5-2-6-10-14;1-2-4-5-3-1;/h1-12H;1-5H;/q2*-1;+2. The van der Waals surface area contributed by atoms with E-state index in [2.05, 4.69) is 48.5 Å². The number of hydrogen-bond donors (Lipinski definition) is 0. The molecule has 0 amide bonds. The van der Waals surface area contributed by atoms with E-state index in [1.807, 2.05) is 54.6 Å². The summed E-state index contributed by atoms with van der Waals surface area (Å²) in [6.07, 6.45) is 0. The fraction of sp³-hybridized carbons (Fsp3) is 0. The van der Waals surface area contributed by atoms with Crippen molar-refractivity contribution in [3.63, 3.8) is 0 Å². The van der Waals surface area contributed by atoms with Crippen molar-refractivity contribution in [3.05, 3.63) is 113 Å². The Morgan fingerprint density at radius 1 is 0.692 bits per heavy atom. The predicted octanol–water partition coefficient (Wildman–Crippen LogP) is 5.87. The van der Waals surface area contributed by atoms with Crippen LogP contribution in [0.4, 0.5) is 0 Å². The van der Waals surface area contributed by atoms with E-state index in [0.717, 1.165) is 5.30 Å². The van der Waals surface area contributed by atoms with Crippen molar-refractivity contribution >= 4 is 47.0 Å². The van der Waals surface area contributed by atoms with Gasteiger partial charge in [0.2, 0.25) is 0 Å². The maximum absolute atomic E-state index is 6.39. The van der Waals surface area contributed by atoms with Crippen LogP contribution in [0, 0.1) is 0 Å². The van der Waals surface area contributed by atoms with Gasteiger partial charge in [-0.1, -0.05) is 78.6 Å². The average Bonchev–Trinajstić information content (AvgIpc) is 3.34. The SMILES string of the molecule is Clc1cc[c-](P(c2ccccc2)c2ccccc2)c1Cl.[Fe+2].c1cc[cH-]c1. The Labute approximate surface area is 176 Å². The molecule has 0 aromatic heterocycles. The molecule has 0 aliphatic carbocycles. The van der Waals surface area contributed by atoms with Crippen LogP contribution >= 0.6 is 31.1 Å². The summed E-state index contributed by atoms with van der Waals surface area (Å²) in [6.45, 7) is 0. The second-order valence-corrected chi connectivity index (χ2v) is 8.32. The molecule has 4 aromatic rings. The zero-order valence-corrected chi connectivity index (χ0v) is 17.4. The van der Waals surface area contributed by atoms with E-state index in [1.54, 1.807) is 0 Å². The second-order valence-electron chi connectivity index (χ2n) is 5.35. The van der Waals surface area contributed by atoms with Gasteiger partial charge < -0.3 is 0 Å². The van der Waals surface area contributed by atoms with E-state index >= 15 is 0 Å². The molecule has 0 unspecified atom stereocenters. The van der Waals surface area contributed by atoms with E-state index in [9.17, 15) is 0 Å². The third kappa shape index (κ3) is 5.33. The molecule has 0 aliphatic heterocycles. The second kappa shape index (κ2) is 10.7. The van der Waals surface area contributed by atoms with Crippen molar-refractivity contribution in [1.29, 1.82) is 0 Å². The summed E-state index contributed by atoms with van der Waals surface area (Å²) in [4.78, 5) is 0. The maximum Gasteiger partial charge on any atom is 2.00 e. The van der Waals surface area contributed by atoms with Gasteiger partial charge in [0.25, 0.3) is 0 Å². The largest absolute Gasteiger partial charge is 2.00 e. The summed E-state index contributed by atoms with van der Waals surface area (Å²) in [5.74, 6) is 0. The molecule has 0 saturated carbocycles. The minimum atomic E-state index is -0.662. The molecule has 0 aliphatic rings. The van der Waals surface area contributed by atoms with Crippen LogP contribution in [0.15, 0.2) is 103 Å². The van der Waals surface area contributed by atoms with Gasteiger partial charge in [0, 0.05) is 0 Å². The molecule has 26 heavy (non-hydrogen) atoms. The van der Waals surface area contributed by atoms with E-state index in [0.29, 0.717) is 10.0 Å². The normalized spacial score (nSPS) is 9.96. The molecule has 0 heterocycles.